The van der Waals surface area contributed by atoms with Crippen molar-refractivity contribution < 1.29 is 18.6 Å². The van der Waals surface area contributed by atoms with Gasteiger partial charge in [-0.25, -0.2) is 19.0 Å². The average molecular weight is 455 g/mol. The van der Waals surface area contributed by atoms with E-state index in [4.69, 9.17) is 14.2 Å². The lowest BCUT2D eigenvalue weighted by Crippen LogP contribution is -2.43. The molecule has 33 heavy (non-hydrogen) atoms. The fourth-order valence-electron chi connectivity index (χ4n) is 4.43. The first-order valence-corrected chi connectivity index (χ1v) is 11.0. The first-order valence-electron chi connectivity index (χ1n) is 11.0. The topological polar surface area (TPSA) is 92.4 Å². The summed E-state index contributed by atoms with van der Waals surface area (Å²) < 4.78 is 34.2. The monoisotopic (exact) mass is 455 g/mol. The molecule has 9 nitrogen and oxygen atoms in total. The highest BCUT2D eigenvalue weighted by molar-refractivity contribution is 5.79. The minimum Gasteiger partial charge on any atom is -0.383 e. The van der Waals surface area contributed by atoms with Gasteiger partial charge in [0.05, 0.1) is 49.9 Å². The number of hydrogen-bond donors (Lipinski definition) is 1. The van der Waals surface area contributed by atoms with E-state index in [9.17, 15) is 9.18 Å². The Bertz CT molecular complexity index is 1200. The van der Waals surface area contributed by atoms with Gasteiger partial charge in [0.2, 0.25) is 11.7 Å². The van der Waals surface area contributed by atoms with Gasteiger partial charge in [-0.2, -0.15) is 0 Å². The summed E-state index contributed by atoms with van der Waals surface area (Å²) in [5, 5.41) is 3.21. The maximum Gasteiger partial charge on any atom is 0.275 e. The normalized spacial score (nSPS) is 17.8. The number of anilines is 1. The molecule has 0 radical (unpaired) electrons. The molecule has 0 unspecified atom stereocenters. The summed E-state index contributed by atoms with van der Waals surface area (Å²) in [7, 11) is 1.63. The molecule has 2 aliphatic heterocycles. The van der Waals surface area contributed by atoms with Gasteiger partial charge in [0.15, 0.2) is 0 Å². The molecular formula is C23H26FN5O4. The highest BCUT2D eigenvalue weighted by Crippen LogP contribution is 2.36. The number of hydrogen-bond acceptors (Lipinski definition) is 7. The zero-order valence-electron chi connectivity index (χ0n) is 18.6. The summed E-state index contributed by atoms with van der Waals surface area (Å²) in [5.41, 5.74) is 2.06. The van der Waals surface area contributed by atoms with Crippen molar-refractivity contribution in [2.75, 3.05) is 32.2 Å². The number of aromatic nitrogens is 4. The first-order chi connectivity index (χ1) is 16.0. The number of nitrogens with zero attached hydrogens (tertiary/aromatic N) is 4. The number of rotatable bonds is 6. The molecule has 0 amide bonds. The van der Waals surface area contributed by atoms with E-state index in [1.165, 1.54) is 12.1 Å². The Hall–Kier alpha value is -3.08. The molecular weight excluding hydrogens is 429 g/mol. The summed E-state index contributed by atoms with van der Waals surface area (Å²) in [6.45, 7) is 4.25. The van der Waals surface area contributed by atoms with Crippen molar-refractivity contribution in [1.29, 1.82) is 0 Å². The van der Waals surface area contributed by atoms with Gasteiger partial charge in [0.1, 0.15) is 5.82 Å². The van der Waals surface area contributed by atoms with Crippen molar-refractivity contribution in [2.24, 2.45) is 0 Å². The van der Waals surface area contributed by atoms with Gasteiger partial charge in [-0.15, -0.1) is 0 Å². The third-order valence-electron chi connectivity index (χ3n) is 5.86. The Morgan fingerprint density at radius 2 is 1.91 bits per heavy atom. The number of halogens is 1. The molecule has 0 bridgehead atoms. The van der Waals surface area contributed by atoms with E-state index in [0.29, 0.717) is 54.8 Å². The van der Waals surface area contributed by atoms with Crippen LogP contribution in [0.4, 0.5) is 10.3 Å². The van der Waals surface area contributed by atoms with Crippen molar-refractivity contribution >= 4 is 5.95 Å². The number of nitrogens with one attached hydrogen (secondary N) is 1. The van der Waals surface area contributed by atoms with Crippen LogP contribution in [0.25, 0.3) is 22.5 Å². The maximum absolute atomic E-state index is 13.6. The molecule has 5 rings (SSSR count). The lowest BCUT2D eigenvalue weighted by Gasteiger charge is -2.32. The number of methoxy groups -OCH3 is 1. The van der Waals surface area contributed by atoms with Crippen molar-refractivity contribution in [3.05, 3.63) is 52.7 Å². The van der Waals surface area contributed by atoms with Crippen LogP contribution < -0.4 is 10.9 Å². The second kappa shape index (κ2) is 8.69. The van der Waals surface area contributed by atoms with Crippen LogP contribution in [0.3, 0.4) is 0 Å². The fourth-order valence-corrected chi connectivity index (χ4v) is 4.43. The Morgan fingerprint density at radius 1 is 1.18 bits per heavy atom. The van der Waals surface area contributed by atoms with E-state index in [-0.39, 0.29) is 24.0 Å². The fraction of sp³-hybridized carbons (Fsp3) is 0.435. The quantitative estimate of drug-likeness (QED) is 0.611. The second-order valence-electron chi connectivity index (χ2n) is 8.38. The molecule has 1 spiro atoms. The van der Waals surface area contributed by atoms with Crippen molar-refractivity contribution in [1.82, 2.24) is 19.3 Å². The van der Waals surface area contributed by atoms with E-state index >= 15 is 0 Å². The highest BCUT2D eigenvalue weighted by atomic mass is 19.1. The van der Waals surface area contributed by atoms with Gasteiger partial charge < -0.3 is 19.5 Å². The van der Waals surface area contributed by atoms with E-state index in [0.717, 1.165) is 6.42 Å². The molecule has 174 valence electrons. The zero-order chi connectivity index (χ0) is 23.0. The van der Waals surface area contributed by atoms with Crippen LogP contribution in [-0.4, -0.2) is 58.1 Å². The summed E-state index contributed by atoms with van der Waals surface area (Å²) in [6, 6.07) is 7.67. The third-order valence-corrected chi connectivity index (χ3v) is 5.86. The van der Waals surface area contributed by atoms with Gasteiger partial charge >= 0.3 is 0 Å². The van der Waals surface area contributed by atoms with Crippen LogP contribution in [0.15, 0.2) is 41.3 Å². The van der Waals surface area contributed by atoms with Crippen LogP contribution in [0.1, 0.15) is 13.3 Å². The van der Waals surface area contributed by atoms with Crippen LogP contribution in [-0.2, 0) is 27.3 Å². The van der Waals surface area contributed by atoms with Crippen LogP contribution >= 0.6 is 0 Å². The van der Waals surface area contributed by atoms with Gasteiger partial charge in [-0.1, -0.05) is 12.1 Å². The van der Waals surface area contributed by atoms with Gasteiger partial charge in [0.25, 0.3) is 5.56 Å². The predicted octanol–water partition coefficient (Wildman–Crippen LogP) is 2.51. The molecule has 10 heteroatoms. The van der Waals surface area contributed by atoms with E-state index in [2.05, 4.69) is 15.3 Å². The summed E-state index contributed by atoms with van der Waals surface area (Å²) >= 11 is 0. The maximum atomic E-state index is 13.6. The van der Waals surface area contributed by atoms with Gasteiger partial charge in [-0.3, -0.25) is 9.48 Å². The summed E-state index contributed by atoms with van der Waals surface area (Å²) in [4.78, 5) is 22.6. The molecule has 3 aromatic rings. The Kier molecular flexibility index (Phi) is 5.73. The molecule has 1 N–H and O–H groups in total. The third kappa shape index (κ3) is 4.05. The SMILES string of the molecule is COC[C@H](C)Nc1nccc(-c2c(-c3ccc(F)cc3)c(=O)n3n2CC2(C3)OCCCO2)n1. The Labute approximate surface area is 190 Å². The molecule has 1 fully saturated rings. The highest BCUT2D eigenvalue weighted by Gasteiger charge is 2.44. The van der Waals surface area contributed by atoms with Crippen LogP contribution in [0.5, 0.6) is 0 Å². The molecule has 4 heterocycles. The smallest absolute Gasteiger partial charge is 0.275 e. The molecule has 1 saturated heterocycles. The van der Waals surface area contributed by atoms with E-state index in [1.807, 2.05) is 11.6 Å². The minimum absolute atomic E-state index is 0.00315. The largest absolute Gasteiger partial charge is 0.383 e. The summed E-state index contributed by atoms with van der Waals surface area (Å²) in [5.74, 6) is -0.807. The number of benzene rings is 1. The van der Waals surface area contributed by atoms with Crippen LogP contribution in [0.2, 0.25) is 0 Å². The molecule has 1 atom stereocenters. The minimum atomic E-state index is -0.866. The van der Waals surface area contributed by atoms with Crippen molar-refractivity contribution in [3.63, 3.8) is 0 Å². The second-order valence-corrected chi connectivity index (χ2v) is 8.38. The molecule has 0 aliphatic carbocycles. The molecule has 2 aliphatic rings. The molecule has 2 aromatic heterocycles. The summed E-state index contributed by atoms with van der Waals surface area (Å²) in [6.07, 6.45) is 2.46. The molecule has 0 saturated carbocycles. The van der Waals surface area contributed by atoms with E-state index in [1.54, 1.807) is 36.2 Å². The zero-order valence-corrected chi connectivity index (χ0v) is 18.6. The average Bonchev–Trinajstić information content (AvgIpc) is 3.28. The lowest BCUT2D eigenvalue weighted by molar-refractivity contribution is -0.267. The van der Waals surface area contributed by atoms with E-state index < -0.39 is 5.79 Å². The van der Waals surface area contributed by atoms with Crippen molar-refractivity contribution in [3.8, 4) is 22.5 Å². The van der Waals surface area contributed by atoms with Gasteiger partial charge in [0, 0.05) is 19.3 Å². The number of fused-ring (bicyclic) bond motifs is 1. The Balaban J connectivity index is 1.63. The lowest BCUT2D eigenvalue weighted by atomic mass is 10.0. The predicted molar refractivity (Wildman–Crippen MR) is 119 cm³/mol. The standard InChI is InChI=1S/C23H26FN5O4/c1-15(12-31-2)26-22-25-9-8-18(27-22)20-19(16-4-6-17(24)7-5-16)21(30)29-14-23(13-28(20)29)32-10-3-11-33-23/h4-9,15H,3,10-14H2,1-2H3,(H,25,26,27)/t15-/m0/s1. The first kappa shape index (κ1) is 21.7. The molecule has 1 aromatic carbocycles. The Morgan fingerprint density at radius 3 is 2.64 bits per heavy atom. The van der Waals surface area contributed by atoms with Crippen molar-refractivity contribution in [2.45, 2.75) is 38.3 Å². The van der Waals surface area contributed by atoms with Crippen LogP contribution in [0, 0.1) is 5.82 Å². The van der Waals surface area contributed by atoms with Gasteiger partial charge in [-0.05, 0) is 37.1 Å². The number of ether oxygens (including phenoxy) is 3.